The van der Waals surface area contributed by atoms with Crippen LogP contribution in [-0.4, -0.2) is 59.3 Å². The predicted molar refractivity (Wildman–Crippen MR) is 222 cm³/mol. The van der Waals surface area contributed by atoms with E-state index in [-0.39, 0.29) is 24.5 Å². The van der Waals surface area contributed by atoms with E-state index < -0.39 is 24.5 Å². The van der Waals surface area contributed by atoms with Crippen LogP contribution in [0.3, 0.4) is 0 Å². The van der Waals surface area contributed by atoms with Gasteiger partial charge in [-0.1, -0.05) is 160 Å². The van der Waals surface area contributed by atoms with E-state index >= 15 is 0 Å². The average Bonchev–Trinajstić information content (AvgIpc) is 3.15. The first-order valence-corrected chi connectivity index (χ1v) is 22.2. The molecule has 0 heterocycles. The summed E-state index contributed by atoms with van der Waals surface area (Å²) in [5.41, 5.74) is 0. The van der Waals surface area contributed by atoms with Crippen LogP contribution >= 0.6 is 0 Å². The summed E-state index contributed by atoms with van der Waals surface area (Å²) in [6, 6.07) is -1.38. The minimum absolute atomic E-state index is 0.0164. The Morgan fingerprint density at radius 1 is 0.556 bits per heavy atom. The highest BCUT2D eigenvalue weighted by Crippen LogP contribution is 2.19. The van der Waals surface area contributed by atoms with Crippen LogP contribution in [0.4, 0.5) is 0 Å². The summed E-state index contributed by atoms with van der Waals surface area (Å²) >= 11 is 0. The molecule has 0 saturated heterocycles. The molecule has 0 aliphatic heterocycles. The number of esters is 1. The van der Waals surface area contributed by atoms with Gasteiger partial charge in [-0.25, -0.2) is 4.79 Å². The van der Waals surface area contributed by atoms with Gasteiger partial charge in [-0.2, -0.15) is 0 Å². The highest BCUT2D eigenvalue weighted by Gasteiger charge is 2.19. The number of unbranched alkanes of at least 4 members (excludes halogenated alkanes) is 22. The summed E-state index contributed by atoms with van der Waals surface area (Å²) in [5.74, 6) is -2.30. The van der Waals surface area contributed by atoms with Crippen molar-refractivity contribution in [1.29, 1.82) is 0 Å². The number of carbonyl (C=O) groups excluding carboxylic acids is 3. The van der Waals surface area contributed by atoms with E-state index in [1.54, 1.807) is 0 Å². The van der Waals surface area contributed by atoms with Gasteiger partial charge in [0, 0.05) is 12.8 Å². The van der Waals surface area contributed by atoms with Crippen LogP contribution in [0.25, 0.3) is 0 Å². The van der Waals surface area contributed by atoms with Crippen molar-refractivity contribution >= 4 is 23.8 Å². The van der Waals surface area contributed by atoms with Crippen molar-refractivity contribution in [3.8, 4) is 0 Å². The minimum Gasteiger partial charge on any atom is -0.480 e. The molecule has 54 heavy (non-hydrogen) atoms. The Morgan fingerprint density at radius 2 is 1.04 bits per heavy atom. The molecular weight excluding hydrogens is 681 g/mol. The third kappa shape index (κ3) is 36.3. The molecular formula is C45H82N2O7. The molecule has 0 spiro atoms. The number of carboxylic acid groups (broad SMARTS) is 1. The van der Waals surface area contributed by atoms with Crippen molar-refractivity contribution in [1.82, 2.24) is 10.6 Å². The number of hydrogen-bond donors (Lipinski definition) is 4. The molecule has 9 heteroatoms. The van der Waals surface area contributed by atoms with Crippen LogP contribution in [0.2, 0.25) is 0 Å². The molecule has 9 nitrogen and oxygen atoms in total. The quantitative estimate of drug-likeness (QED) is 0.0276. The van der Waals surface area contributed by atoms with Crippen LogP contribution in [0, 0.1) is 0 Å². The number of nitrogens with one attached hydrogen (secondary N) is 2. The molecule has 0 aromatic rings. The van der Waals surface area contributed by atoms with Gasteiger partial charge in [-0.15, -0.1) is 0 Å². The molecule has 0 radical (unpaired) electrons. The number of aliphatic carboxylic acids is 1. The second-order valence-corrected chi connectivity index (χ2v) is 15.1. The van der Waals surface area contributed by atoms with Gasteiger partial charge in [0.15, 0.2) is 0 Å². The van der Waals surface area contributed by atoms with Crippen molar-refractivity contribution in [3.63, 3.8) is 0 Å². The second kappa shape index (κ2) is 40.0. The smallest absolute Gasteiger partial charge is 0.328 e. The molecule has 0 fully saturated rings. The molecule has 4 N–H and O–H groups in total. The Kier molecular flexibility index (Phi) is 38.0. The number of aliphatic hydroxyl groups excluding tert-OH is 1. The summed E-state index contributed by atoms with van der Waals surface area (Å²) in [6.45, 7) is 3.43. The lowest BCUT2D eigenvalue weighted by atomic mass is 10.0. The van der Waals surface area contributed by atoms with Crippen molar-refractivity contribution in [2.24, 2.45) is 0 Å². The number of aliphatic hydroxyl groups is 1. The third-order valence-corrected chi connectivity index (χ3v) is 9.93. The first-order valence-electron chi connectivity index (χ1n) is 22.2. The van der Waals surface area contributed by atoms with Crippen LogP contribution in [0.5, 0.6) is 0 Å². The number of hydrogen-bond acceptors (Lipinski definition) is 6. The summed E-state index contributed by atoms with van der Waals surface area (Å²) in [4.78, 5) is 47.6. The van der Waals surface area contributed by atoms with Gasteiger partial charge in [0.25, 0.3) is 0 Å². The number of ether oxygens (including phenoxy) is 1. The van der Waals surface area contributed by atoms with Crippen molar-refractivity contribution in [2.45, 2.75) is 225 Å². The van der Waals surface area contributed by atoms with E-state index in [1.165, 1.54) is 96.3 Å². The molecule has 0 aliphatic carbocycles. The summed E-state index contributed by atoms with van der Waals surface area (Å²) in [5, 5.41) is 22.6. The Labute approximate surface area is 330 Å². The van der Waals surface area contributed by atoms with E-state index in [0.29, 0.717) is 19.3 Å². The van der Waals surface area contributed by atoms with Gasteiger partial charge >= 0.3 is 11.9 Å². The van der Waals surface area contributed by atoms with Gasteiger partial charge < -0.3 is 25.6 Å². The van der Waals surface area contributed by atoms with E-state index in [1.807, 2.05) is 0 Å². The number of allylic oxidation sites excluding steroid dienone is 4. The minimum atomic E-state index is -1.38. The number of amides is 2. The van der Waals surface area contributed by atoms with Crippen LogP contribution in [0.1, 0.15) is 213 Å². The molecule has 2 unspecified atom stereocenters. The second-order valence-electron chi connectivity index (χ2n) is 15.1. The fraction of sp³-hybridized carbons (Fsp3) is 0.822. The Bertz CT molecular complexity index is 968. The van der Waals surface area contributed by atoms with Crippen molar-refractivity contribution in [2.75, 3.05) is 13.2 Å². The van der Waals surface area contributed by atoms with Gasteiger partial charge in [0.1, 0.15) is 12.1 Å². The normalized spacial score (nSPS) is 12.6. The van der Waals surface area contributed by atoms with Gasteiger partial charge in [-0.05, 0) is 64.2 Å². The molecule has 0 rings (SSSR count). The lowest BCUT2D eigenvalue weighted by Gasteiger charge is -2.18. The fourth-order valence-corrected chi connectivity index (χ4v) is 6.52. The molecule has 0 aromatic carbocycles. The standard InChI is InChI=1S/C45H82N2O7/c1-3-5-7-9-11-13-15-17-19-21-23-26-30-34-40(54-44(51)37-33-29-24-22-20-18-16-14-12-10-8-6-4-2)35-31-27-25-28-32-36-42(49)46-38-43(50)47-41(39-48)45(52)53/h8,10,14,16,40-41,48H,3-7,9,11-13,15,17-39H2,1-2H3,(H,46,49)(H,47,50)(H,52,53)/b10-8-,16-14-. The highest BCUT2D eigenvalue weighted by molar-refractivity contribution is 5.87. The van der Waals surface area contributed by atoms with Crippen molar-refractivity contribution < 1.29 is 34.1 Å². The summed E-state index contributed by atoms with van der Waals surface area (Å²) < 4.78 is 6.03. The van der Waals surface area contributed by atoms with E-state index in [9.17, 15) is 19.2 Å². The van der Waals surface area contributed by atoms with Gasteiger partial charge in [0.2, 0.25) is 11.8 Å². The third-order valence-electron chi connectivity index (χ3n) is 9.93. The Morgan fingerprint density at radius 3 is 1.56 bits per heavy atom. The number of carbonyl (C=O) groups is 4. The molecule has 0 aliphatic rings. The van der Waals surface area contributed by atoms with Crippen LogP contribution in [0.15, 0.2) is 24.3 Å². The largest absolute Gasteiger partial charge is 0.480 e. The number of carboxylic acids is 1. The molecule has 2 amide bonds. The lowest BCUT2D eigenvalue weighted by Crippen LogP contribution is -2.47. The maximum absolute atomic E-state index is 12.8. The van der Waals surface area contributed by atoms with E-state index in [2.05, 4.69) is 48.8 Å². The first-order chi connectivity index (χ1) is 26.3. The highest BCUT2D eigenvalue weighted by atomic mass is 16.5. The van der Waals surface area contributed by atoms with Gasteiger partial charge in [-0.3, -0.25) is 14.4 Å². The number of rotatable bonds is 40. The SMILES string of the molecule is CCC/C=C\C/C=C\CCCCCCCC(=O)OC(CCCCCCCCCCCCCCC)CCCCCCCC(=O)NCC(=O)NC(CO)C(=O)O. The topological polar surface area (TPSA) is 142 Å². The summed E-state index contributed by atoms with van der Waals surface area (Å²) in [6.07, 6.45) is 43.4. The van der Waals surface area contributed by atoms with Crippen molar-refractivity contribution in [3.05, 3.63) is 24.3 Å². The maximum Gasteiger partial charge on any atom is 0.328 e. The van der Waals surface area contributed by atoms with E-state index in [0.717, 1.165) is 83.5 Å². The zero-order chi connectivity index (χ0) is 39.7. The van der Waals surface area contributed by atoms with E-state index in [4.69, 9.17) is 14.9 Å². The van der Waals surface area contributed by atoms with Crippen LogP contribution in [-0.2, 0) is 23.9 Å². The average molecular weight is 763 g/mol. The zero-order valence-electron chi connectivity index (χ0n) is 34.7. The first kappa shape index (κ1) is 51.3. The maximum atomic E-state index is 12.8. The monoisotopic (exact) mass is 763 g/mol. The van der Waals surface area contributed by atoms with Crippen LogP contribution < -0.4 is 10.6 Å². The molecule has 2 atom stereocenters. The van der Waals surface area contributed by atoms with Gasteiger partial charge in [0.05, 0.1) is 13.2 Å². The summed E-state index contributed by atoms with van der Waals surface area (Å²) in [7, 11) is 0. The predicted octanol–water partition coefficient (Wildman–Crippen LogP) is 10.8. The molecule has 314 valence electrons. The lowest BCUT2D eigenvalue weighted by molar-refractivity contribution is -0.150. The fourth-order valence-electron chi connectivity index (χ4n) is 6.52. The molecule has 0 saturated carbocycles. The molecule has 0 bridgehead atoms. The molecule has 0 aromatic heterocycles. The zero-order valence-corrected chi connectivity index (χ0v) is 34.7. The Hall–Kier alpha value is -2.68. The Balaban J connectivity index is 4.33.